The van der Waals surface area contributed by atoms with Gasteiger partial charge in [0, 0.05) is 6.04 Å². The number of aryl methyl sites for hydroxylation is 1. The summed E-state index contributed by atoms with van der Waals surface area (Å²) in [4.78, 5) is -0.661. The molecule has 0 fully saturated rings. The standard InChI is InChI=1S/C15H15F2NO2S/c1-10-4-2-3-5-12(10)14(18)9-21(19,20)15-8-11(16)6-7-13(15)17/h2-8,14H,9,18H2,1H3. The van der Waals surface area contributed by atoms with Crippen LogP contribution in [0.4, 0.5) is 8.78 Å². The zero-order chi connectivity index (χ0) is 15.6. The third-order valence-electron chi connectivity index (χ3n) is 3.22. The maximum absolute atomic E-state index is 13.6. The molecule has 0 saturated heterocycles. The molecular formula is C15H15F2NO2S. The maximum Gasteiger partial charge on any atom is 0.183 e. The second-order valence-corrected chi connectivity index (χ2v) is 6.82. The van der Waals surface area contributed by atoms with Crippen molar-refractivity contribution in [3.63, 3.8) is 0 Å². The highest BCUT2D eigenvalue weighted by atomic mass is 32.2. The lowest BCUT2D eigenvalue weighted by atomic mass is 10.0. The molecule has 0 aliphatic rings. The van der Waals surface area contributed by atoms with Crippen molar-refractivity contribution in [3.8, 4) is 0 Å². The molecule has 3 nitrogen and oxygen atoms in total. The van der Waals surface area contributed by atoms with Gasteiger partial charge in [0.1, 0.15) is 16.5 Å². The van der Waals surface area contributed by atoms with Gasteiger partial charge >= 0.3 is 0 Å². The van der Waals surface area contributed by atoms with Crippen LogP contribution in [0.1, 0.15) is 17.2 Å². The van der Waals surface area contributed by atoms with Gasteiger partial charge in [0.2, 0.25) is 0 Å². The fourth-order valence-electron chi connectivity index (χ4n) is 2.13. The van der Waals surface area contributed by atoms with Crippen molar-refractivity contribution in [2.24, 2.45) is 5.73 Å². The Labute approximate surface area is 122 Å². The fourth-order valence-corrected chi connectivity index (χ4v) is 3.62. The lowest BCUT2D eigenvalue weighted by Crippen LogP contribution is -2.23. The maximum atomic E-state index is 13.6. The van der Waals surface area contributed by atoms with Crippen LogP contribution < -0.4 is 5.73 Å². The SMILES string of the molecule is Cc1ccccc1C(N)CS(=O)(=O)c1cc(F)ccc1F. The average molecular weight is 311 g/mol. The van der Waals surface area contributed by atoms with Gasteiger partial charge in [0.25, 0.3) is 0 Å². The second-order valence-electron chi connectivity index (χ2n) is 4.82. The molecule has 2 aromatic carbocycles. The Morgan fingerprint density at radius 1 is 1.14 bits per heavy atom. The fraction of sp³-hybridized carbons (Fsp3) is 0.200. The number of nitrogens with two attached hydrogens (primary N) is 1. The van der Waals surface area contributed by atoms with Gasteiger partial charge in [-0.15, -0.1) is 0 Å². The first-order valence-electron chi connectivity index (χ1n) is 6.30. The van der Waals surface area contributed by atoms with E-state index in [1.54, 1.807) is 12.1 Å². The normalized spacial score (nSPS) is 13.1. The van der Waals surface area contributed by atoms with Gasteiger partial charge in [-0.05, 0) is 36.2 Å². The molecule has 0 spiro atoms. The molecule has 2 aromatic rings. The molecule has 2 N–H and O–H groups in total. The Hall–Kier alpha value is -1.79. The third kappa shape index (κ3) is 3.46. The molecule has 21 heavy (non-hydrogen) atoms. The van der Waals surface area contributed by atoms with Crippen LogP contribution in [0, 0.1) is 18.6 Å². The summed E-state index contributed by atoms with van der Waals surface area (Å²) < 4.78 is 51.2. The van der Waals surface area contributed by atoms with E-state index in [0.29, 0.717) is 11.6 Å². The van der Waals surface area contributed by atoms with Gasteiger partial charge < -0.3 is 5.73 Å². The molecule has 112 valence electrons. The van der Waals surface area contributed by atoms with Gasteiger partial charge in [0.15, 0.2) is 9.84 Å². The van der Waals surface area contributed by atoms with E-state index in [9.17, 15) is 17.2 Å². The highest BCUT2D eigenvalue weighted by Gasteiger charge is 2.24. The van der Waals surface area contributed by atoms with Crippen LogP contribution in [0.15, 0.2) is 47.4 Å². The molecule has 1 atom stereocenters. The molecule has 0 radical (unpaired) electrons. The minimum Gasteiger partial charge on any atom is -0.323 e. The van der Waals surface area contributed by atoms with Crippen LogP contribution in [0.3, 0.4) is 0 Å². The Kier molecular flexibility index (Phi) is 4.39. The van der Waals surface area contributed by atoms with Gasteiger partial charge in [-0.1, -0.05) is 24.3 Å². The van der Waals surface area contributed by atoms with Crippen molar-refractivity contribution in [3.05, 3.63) is 65.2 Å². The number of halogens is 2. The summed E-state index contributed by atoms with van der Waals surface area (Å²) in [5.74, 6) is -2.27. The van der Waals surface area contributed by atoms with Gasteiger partial charge in [-0.3, -0.25) is 0 Å². The molecular weight excluding hydrogens is 296 g/mol. The van der Waals surface area contributed by atoms with E-state index in [1.165, 1.54) is 0 Å². The zero-order valence-corrected chi connectivity index (χ0v) is 12.2. The predicted octanol–water partition coefficient (Wildman–Crippen LogP) is 2.75. The molecule has 1 unspecified atom stereocenters. The lowest BCUT2D eigenvalue weighted by molar-refractivity contribution is 0.550. The van der Waals surface area contributed by atoms with Crippen LogP contribution in [0.2, 0.25) is 0 Å². The molecule has 0 bridgehead atoms. The molecule has 0 saturated carbocycles. The minimum absolute atomic E-state index is 0.488. The average Bonchev–Trinajstić information content (AvgIpc) is 2.41. The number of hydrogen-bond acceptors (Lipinski definition) is 3. The Morgan fingerprint density at radius 2 is 1.81 bits per heavy atom. The predicted molar refractivity (Wildman–Crippen MR) is 76.5 cm³/mol. The van der Waals surface area contributed by atoms with E-state index in [4.69, 9.17) is 5.73 Å². The van der Waals surface area contributed by atoms with Crippen LogP contribution in [-0.2, 0) is 9.84 Å². The van der Waals surface area contributed by atoms with E-state index in [0.717, 1.165) is 17.7 Å². The van der Waals surface area contributed by atoms with E-state index in [1.807, 2.05) is 19.1 Å². The first-order chi connectivity index (χ1) is 9.81. The van der Waals surface area contributed by atoms with Crippen molar-refractivity contribution in [1.82, 2.24) is 0 Å². The van der Waals surface area contributed by atoms with Crippen molar-refractivity contribution < 1.29 is 17.2 Å². The molecule has 0 amide bonds. The smallest absolute Gasteiger partial charge is 0.183 e. The molecule has 0 aromatic heterocycles. The van der Waals surface area contributed by atoms with Crippen LogP contribution in [0.25, 0.3) is 0 Å². The minimum atomic E-state index is -4.02. The molecule has 2 rings (SSSR count). The van der Waals surface area contributed by atoms with Crippen molar-refractivity contribution in [2.75, 3.05) is 5.75 Å². The van der Waals surface area contributed by atoms with E-state index >= 15 is 0 Å². The van der Waals surface area contributed by atoms with Gasteiger partial charge in [0.05, 0.1) is 5.75 Å². The lowest BCUT2D eigenvalue weighted by Gasteiger charge is -2.15. The Balaban J connectivity index is 2.34. The topological polar surface area (TPSA) is 60.2 Å². The number of hydrogen-bond donors (Lipinski definition) is 1. The number of sulfone groups is 1. The third-order valence-corrected chi connectivity index (χ3v) is 5.00. The summed E-state index contributed by atoms with van der Waals surface area (Å²) in [7, 11) is -4.02. The largest absolute Gasteiger partial charge is 0.323 e. The zero-order valence-electron chi connectivity index (χ0n) is 11.4. The van der Waals surface area contributed by atoms with Crippen LogP contribution in [-0.4, -0.2) is 14.2 Å². The highest BCUT2D eigenvalue weighted by molar-refractivity contribution is 7.91. The summed E-state index contributed by atoms with van der Waals surface area (Å²) in [6.45, 7) is 1.81. The van der Waals surface area contributed by atoms with Gasteiger partial charge in [-0.25, -0.2) is 17.2 Å². The summed E-state index contributed by atoms with van der Waals surface area (Å²) in [5, 5.41) is 0. The van der Waals surface area contributed by atoms with E-state index < -0.39 is 38.2 Å². The molecule has 0 aliphatic heterocycles. The summed E-state index contributed by atoms with van der Waals surface area (Å²) in [6, 6.07) is 8.62. The Bertz CT molecular complexity index is 760. The van der Waals surface area contributed by atoms with Crippen LogP contribution >= 0.6 is 0 Å². The summed E-state index contributed by atoms with van der Waals surface area (Å²) in [6.07, 6.45) is 0. The molecule has 0 aliphatic carbocycles. The van der Waals surface area contributed by atoms with E-state index in [2.05, 4.69) is 0 Å². The van der Waals surface area contributed by atoms with E-state index in [-0.39, 0.29) is 0 Å². The first kappa shape index (κ1) is 15.6. The molecule has 6 heteroatoms. The number of benzene rings is 2. The quantitative estimate of drug-likeness (QED) is 0.944. The monoisotopic (exact) mass is 311 g/mol. The first-order valence-corrected chi connectivity index (χ1v) is 7.95. The highest BCUT2D eigenvalue weighted by Crippen LogP contribution is 2.23. The van der Waals surface area contributed by atoms with Crippen molar-refractivity contribution in [1.29, 1.82) is 0 Å². The number of rotatable bonds is 4. The molecule has 0 heterocycles. The summed E-state index contributed by atoms with van der Waals surface area (Å²) in [5.41, 5.74) is 7.42. The van der Waals surface area contributed by atoms with Crippen molar-refractivity contribution >= 4 is 9.84 Å². The second kappa shape index (κ2) is 5.91. The van der Waals surface area contributed by atoms with Crippen LogP contribution in [0.5, 0.6) is 0 Å². The van der Waals surface area contributed by atoms with Gasteiger partial charge in [-0.2, -0.15) is 0 Å². The summed E-state index contributed by atoms with van der Waals surface area (Å²) >= 11 is 0. The van der Waals surface area contributed by atoms with Crippen molar-refractivity contribution in [2.45, 2.75) is 17.9 Å². The Morgan fingerprint density at radius 3 is 2.48 bits per heavy atom.